The first kappa shape index (κ1) is 40.6. The summed E-state index contributed by atoms with van der Waals surface area (Å²) < 4.78 is 143. The van der Waals surface area contributed by atoms with Crippen LogP contribution in [0.25, 0.3) is 0 Å². The number of hydrogen-bond acceptors (Lipinski definition) is 14. The van der Waals surface area contributed by atoms with Crippen LogP contribution in [0.3, 0.4) is 0 Å². The predicted octanol–water partition coefficient (Wildman–Crippen LogP) is 4.32. The SMILES string of the molecule is CO[C@H]1O[C@H](COS(=O)(=O)c2ccc(C)cc2)[C@@H](OS(=O)(=O)c2ccc(C)cc2)[C@H](OS(=O)(=O)c2ccc(C)cc2)[C@H]1OS(=O)(=O)c1ccc(C)cc1. The van der Waals surface area contributed by atoms with Crippen molar-refractivity contribution < 1.29 is 59.9 Å². The Balaban J connectivity index is 1.63. The van der Waals surface area contributed by atoms with E-state index in [1.165, 1.54) is 97.1 Å². The van der Waals surface area contributed by atoms with Crippen molar-refractivity contribution in [1.82, 2.24) is 0 Å². The maximum absolute atomic E-state index is 13.8. The Hall–Kier alpha value is -3.56. The van der Waals surface area contributed by atoms with Gasteiger partial charge in [0.1, 0.15) is 18.3 Å². The van der Waals surface area contributed by atoms with E-state index in [0.29, 0.717) is 11.1 Å². The highest BCUT2D eigenvalue weighted by atomic mass is 32.2. The van der Waals surface area contributed by atoms with Gasteiger partial charge < -0.3 is 9.47 Å². The second-order valence-corrected chi connectivity index (χ2v) is 18.6. The Labute approximate surface area is 310 Å². The van der Waals surface area contributed by atoms with Gasteiger partial charge in [0.15, 0.2) is 12.4 Å². The normalized spacial score (nSPS) is 21.3. The molecular formula is C35H38O14S4. The fourth-order valence-corrected chi connectivity index (χ4v) is 9.37. The lowest BCUT2D eigenvalue weighted by molar-refractivity contribution is -0.277. The third-order valence-corrected chi connectivity index (χ3v) is 13.4. The van der Waals surface area contributed by atoms with Gasteiger partial charge in [-0.3, -0.25) is 16.7 Å². The third kappa shape index (κ3) is 9.76. The molecule has 1 heterocycles. The van der Waals surface area contributed by atoms with Crippen molar-refractivity contribution in [3.05, 3.63) is 119 Å². The molecule has 0 aliphatic carbocycles. The number of aryl methyl sites for hydroxylation is 4. The van der Waals surface area contributed by atoms with E-state index in [1.807, 2.05) is 0 Å². The zero-order chi connectivity index (χ0) is 38.8. The van der Waals surface area contributed by atoms with Gasteiger partial charge in [-0.2, -0.15) is 33.7 Å². The summed E-state index contributed by atoms with van der Waals surface area (Å²) in [6, 6.07) is 22.0. The van der Waals surface area contributed by atoms with Crippen LogP contribution in [0.15, 0.2) is 117 Å². The molecule has 0 spiro atoms. The topological polar surface area (TPSA) is 192 Å². The summed E-state index contributed by atoms with van der Waals surface area (Å²) in [7, 11) is -17.9. The number of rotatable bonds is 14. The van der Waals surface area contributed by atoms with Crippen LogP contribution in [0.2, 0.25) is 0 Å². The smallest absolute Gasteiger partial charge is 0.297 e. The van der Waals surface area contributed by atoms with Gasteiger partial charge in [-0.1, -0.05) is 70.8 Å². The second-order valence-electron chi connectivity index (χ2n) is 12.3. The molecule has 286 valence electrons. The molecule has 1 aliphatic rings. The molecule has 5 rings (SSSR count). The lowest BCUT2D eigenvalue weighted by Gasteiger charge is -2.43. The Morgan fingerprint density at radius 1 is 0.453 bits per heavy atom. The van der Waals surface area contributed by atoms with Gasteiger partial charge in [0.05, 0.1) is 26.2 Å². The quantitative estimate of drug-likeness (QED) is 0.164. The molecule has 5 atom stereocenters. The maximum Gasteiger partial charge on any atom is 0.297 e. The van der Waals surface area contributed by atoms with Crippen molar-refractivity contribution >= 4 is 40.5 Å². The molecule has 0 radical (unpaired) electrons. The van der Waals surface area contributed by atoms with E-state index < -0.39 is 77.8 Å². The molecule has 0 bridgehead atoms. The first-order chi connectivity index (χ1) is 24.8. The van der Waals surface area contributed by atoms with Crippen LogP contribution in [0.5, 0.6) is 0 Å². The Morgan fingerprint density at radius 3 is 1.09 bits per heavy atom. The summed E-state index contributed by atoms with van der Waals surface area (Å²) in [6.45, 7) is 5.94. The summed E-state index contributed by atoms with van der Waals surface area (Å²) >= 11 is 0. The molecule has 0 N–H and O–H groups in total. The molecule has 1 saturated heterocycles. The first-order valence-electron chi connectivity index (χ1n) is 16.0. The van der Waals surface area contributed by atoms with Crippen LogP contribution in [-0.4, -0.2) is 78.1 Å². The number of hydrogen-bond donors (Lipinski definition) is 0. The van der Waals surface area contributed by atoms with Gasteiger partial charge in [0, 0.05) is 7.11 Å². The zero-order valence-corrected chi connectivity index (χ0v) is 32.4. The Kier molecular flexibility index (Phi) is 12.3. The fraction of sp³-hybridized carbons (Fsp3) is 0.314. The van der Waals surface area contributed by atoms with E-state index in [9.17, 15) is 33.7 Å². The maximum atomic E-state index is 13.8. The molecule has 0 aromatic heterocycles. The summed E-state index contributed by atoms with van der Waals surface area (Å²) in [4.78, 5) is -1.32. The molecule has 1 fully saturated rings. The minimum atomic E-state index is -4.86. The van der Waals surface area contributed by atoms with Crippen LogP contribution in [0, 0.1) is 27.7 Å². The van der Waals surface area contributed by atoms with Gasteiger partial charge in [0.2, 0.25) is 0 Å². The third-order valence-electron chi connectivity index (χ3n) is 8.16. The highest BCUT2D eigenvalue weighted by molar-refractivity contribution is 7.87. The average molecular weight is 811 g/mol. The number of methoxy groups -OCH3 is 1. The zero-order valence-electron chi connectivity index (χ0n) is 29.2. The van der Waals surface area contributed by atoms with Gasteiger partial charge in [-0.05, 0) is 76.2 Å². The second kappa shape index (κ2) is 16.0. The van der Waals surface area contributed by atoms with Crippen molar-refractivity contribution in [2.45, 2.75) is 78.0 Å². The van der Waals surface area contributed by atoms with E-state index >= 15 is 0 Å². The molecule has 18 heteroatoms. The number of ether oxygens (including phenoxy) is 2. The van der Waals surface area contributed by atoms with E-state index in [0.717, 1.165) is 18.2 Å². The molecule has 53 heavy (non-hydrogen) atoms. The lowest BCUT2D eigenvalue weighted by atomic mass is 9.99. The Bertz CT molecular complexity index is 2330. The molecule has 4 aromatic rings. The van der Waals surface area contributed by atoms with Crippen molar-refractivity contribution in [3.63, 3.8) is 0 Å². The van der Waals surface area contributed by atoms with Crippen molar-refractivity contribution in [2.24, 2.45) is 0 Å². The van der Waals surface area contributed by atoms with E-state index in [-0.39, 0.29) is 19.6 Å². The molecular weight excluding hydrogens is 773 g/mol. The first-order valence-corrected chi connectivity index (χ1v) is 21.6. The molecule has 0 saturated carbocycles. The van der Waals surface area contributed by atoms with Gasteiger partial charge in [-0.25, -0.2) is 0 Å². The minimum Gasteiger partial charge on any atom is -0.353 e. The summed E-state index contributed by atoms with van der Waals surface area (Å²) in [5.41, 5.74) is 2.90. The highest BCUT2D eigenvalue weighted by Gasteiger charge is 2.54. The monoisotopic (exact) mass is 810 g/mol. The fourth-order valence-electron chi connectivity index (χ4n) is 5.18. The number of benzene rings is 4. The standard InChI is InChI=1S/C35H38O14S4/c1-23-6-14-27(15-7-23)50(36,37)45-22-31-32(47-51(38,39)28-16-8-24(2)9-17-28)33(48-52(40,41)29-18-10-25(3)11-19-29)34(35(44-5)46-31)49-53(42,43)30-20-12-26(4)13-21-30/h6-21,31-35H,22H2,1-5H3/t31-,32-,33+,34-,35+/m1/s1. The average Bonchev–Trinajstić information content (AvgIpc) is 3.10. The molecule has 4 aromatic carbocycles. The van der Waals surface area contributed by atoms with Gasteiger partial charge in [-0.15, -0.1) is 0 Å². The highest BCUT2D eigenvalue weighted by Crippen LogP contribution is 2.35. The largest absolute Gasteiger partial charge is 0.353 e. The molecule has 0 unspecified atom stereocenters. The van der Waals surface area contributed by atoms with E-state index in [4.69, 9.17) is 26.2 Å². The van der Waals surface area contributed by atoms with E-state index in [1.54, 1.807) is 27.7 Å². The van der Waals surface area contributed by atoms with Crippen molar-refractivity contribution in [3.8, 4) is 0 Å². The van der Waals surface area contributed by atoms with Gasteiger partial charge in [0.25, 0.3) is 40.5 Å². The van der Waals surface area contributed by atoms with Crippen LogP contribution >= 0.6 is 0 Å². The molecule has 0 amide bonds. The summed E-state index contributed by atoms with van der Waals surface area (Å²) in [6.07, 6.45) is -9.98. The molecule has 1 aliphatic heterocycles. The predicted molar refractivity (Wildman–Crippen MR) is 190 cm³/mol. The van der Waals surface area contributed by atoms with Crippen molar-refractivity contribution in [1.29, 1.82) is 0 Å². The molecule has 14 nitrogen and oxygen atoms in total. The van der Waals surface area contributed by atoms with Crippen LogP contribution < -0.4 is 0 Å². The van der Waals surface area contributed by atoms with Crippen LogP contribution in [0.1, 0.15) is 22.3 Å². The Morgan fingerprint density at radius 2 is 0.755 bits per heavy atom. The van der Waals surface area contributed by atoms with Crippen LogP contribution in [-0.2, 0) is 66.7 Å². The van der Waals surface area contributed by atoms with Crippen LogP contribution in [0.4, 0.5) is 0 Å². The summed E-state index contributed by atoms with van der Waals surface area (Å²) in [5, 5.41) is 0. The van der Waals surface area contributed by atoms with Gasteiger partial charge >= 0.3 is 0 Å². The van der Waals surface area contributed by atoms with E-state index in [2.05, 4.69) is 0 Å². The summed E-state index contributed by atoms with van der Waals surface area (Å²) in [5.74, 6) is 0. The van der Waals surface area contributed by atoms with Crippen molar-refractivity contribution in [2.75, 3.05) is 13.7 Å². The minimum absolute atomic E-state index is 0.243. The lowest BCUT2D eigenvalue weighted by Crippen LogP contribution is -2.62.